The van der Waals surface area contributed by atoms with Gasteiger partial charge in [-0.25, -0.2) is 0 Å². The predicted octanol–water partition coefficient (Wildman–Crippen LogP) is 3.34. The van der Waals surface area contributed by atoms with Gasteiger partial charge in [-0.05, 0) is 38.8 Å². The number of hydrogen-bond acceptors (Lipinski definition) is 3. The Hall–Kier alpha value is -0.770. The smallest absolute Gasteiger partial charge is 0.138 e. The maximum absolute atomic E-state index is 10.2. The van der Waals surface area contributed by atoms with Crippen molar-refractivity contribution in [2.45, 2.75) is 51.3 Å². The molecule has 1 N–H and O–H groups in total. The van der Waals surface area contributed by atoms with Gasteiger partial charge in [0.2, 0.25) is 0 Å². The zero-order valence-corrected chi connectivity index (χ0v) is 13.0. The number of halogens is 1. The largest absolute Gasteiger partial charge is 0.489 e. The quantitative estimate of drug-likeness (QED) is 0.905. The Morgan fingerprint density at radius 3 is 2.60 bits per heavy atom. The van der Waals surface area contributed by atoms with Crippen LogP contribution in [0.15, 0.2) is 24.3 Å². The van der Waals surface area contributed by atoms with E-state index in [0.29, 0.717) is 29.4 Å². The highest BCUT2D eigenvalue weighted by Crippen LogP contribution is 2.24. The maximum Gasteiger partial charge on any atom is 0.138 e. The molecule has 112 valence electrons. The van der Waals surface area contributed by atoms with Crippen molar-refractivity contribution in [3.63, 3.8) is 0 Å². The number of aliphatic hydroxyl groups is 1. The highest BCUT2D eigenvalue weighted by molar-refractivity contribution is 6.32. The number of benzene rings is 1. The third-order valence-electron chi connectivity index (χ3n) is 4.07. The zero-order chi connectivity index (χ0) is 14.5. The minimum Gasteiger partial charge on any atom is -0.489 e. The van der Waals surface area contributed by atoms with Crippen LogP contribution in [0.2, 0.25) is 5.02 Å². The molecule has 20 heavy (non-hydrogen) atoms. The Labute approximate surface area is 126 Å². The van der Waals surface area contributed by atoms with E-state index in [1.165, 1.54) is 19.3 Å². The van der Waals surface area contributed by atoms with Gasteiger partial charge in [0, 0.05) is 18.6 Å². The molecule has 3 nitrogen and oxygen atoms in total. The van der Waals surface area contributed by atoms with E-state index in [-0.39, 0.29) is 6.61 Å². The van der Waals surface area contributed by atoms with Gasteiger partial charge in [-0.3, -0.25) is 4.90 Å². The molecule has 0 bridgehead atoms. The Morgan fingerprint density at radius 1 is 1.30 bits per heavy atom. The van der Waals surface area contributed by atoms with Gasteiger partial charge in [0.15, 0.2) is 0 Å². The summed E-state index contributed by atoms with van der Waals surface area (Å²) in [5, 5.41) is 10.8. The lowest BCUT2D eigenvalue weighted by molar-refractivity contribution is 0.0209. The maximum atomic E-state index is 10.2. The second-order valence-electron chi connectivity index (χ2n) is 5.72. The van der Waals surface area contributed by atoms with E-state index < -0.39 is 6.10 Å². The van der Waals surface area contributed by atoms with Gasteiger partial charge < -0.3 is 9.84 Å². The van der Waals surface area contributed by atoms with Crippen LogP contribution in [0.1, 0.15) is 33.1 Å². The van der Waals surface area contributed by atoms with Crippen LogP contribution in [0.5, 0.6) is 5.75 Å². The van der Waals surface area contributed by atoms with Crippen molar-refractivity contribution in [1.82, 2.24) is 4.90 Å². The summed E-state index contributed by atoms with van der Waals surface area (Å²) < 4.78 is 5.60. The van der Waals surface area contributed by atoms with Crippen molar-refractivity contribution in [2.75, 3.05) is 13.2 Å². The van der Waals surface area contributed by atoms with Crippen molar-refractivity contribution < 1.29 is 9.84 Å². The first-order chi connectivity index (χ1) is 9.58. The highest BCUT2D eigenvalue weighted by atomic mass is 35.5. The molecule has 1 aromatic rings. The number of ether oxygens (including phenoxy) is 1. The van der Waals surface area contributed by atoms with Gasteiger partial charge in [-0.1, -0.05) is 30.2 Å². The van der Waals surface area contributed by atoms with E-state index in [0.717, 1.165) is 0 Å². The molecule has 0 spiro atoms. The lowest BCUT2D eigenvalue weighted by atomic mass is 9.97. The van der Waals surface area contributed by atoms with Crippen molar-refractivity contribution >= 4 is 11.6 Å². The van der Waals surface area contributed by atoms with E-state index in [1.807, 2.05) is 18.2 Å². The zero-order valence-electron chi connectivity index (χ0n) is 12.3. The summed E-state index contributed by atoms with van der Waals surface area (Å²) in [4.78, 5) is 2.38. The average molecular weight is 298 g/mol. The van der Waals surface area contributed by atoms with E-state index in [4.69, 9.17) is 16.3 Å². The molecule has 1 heterocycles. The van der Waals surface area contributed by atoms with Crippen LogP contribution in [-0.2, 0) is 0 Å². The van der Waals surface area contributed by atoms with Crippen LogP contribution in [0, 0.1) is 0 Å². The standard InChI is InChI=1S/C16H24ClNO2/c1-12-6-5-7-13(2)18(12)10-14(19)11-20-16-9-4-3-8-15(16)17/h3-4,8-9,12-14,19H,5-7,10-11H2,1-2H3/t12-,13+,14-/m1/s1. The first-order valence-corrected chi connectivity index (χ1v) is 7.77. The van der Waals surface area contributed by atoms with Gasteiger partial charge in [0.25, 0.3) is 0 Å². The highest BCUT2D eigenvalue weighted by Gasteiger charge is 2.26. The van der Waals surface area contributed by atoms with Gasteiger partial charge in [0.1, 0.15) is 18.5 Å². The minimum atomic E-state index is -0.491. The first kappa shape index (κ1) is 15.6. The molecular formula is C16H24ClNO2. The van der Waals surface area contributed by atoms with Gasteiger partial charge >= 0.3 is 0 Å². The summed E-state index contributed by atoms with van der Waals surface area (Å²) in [5.41, 5.74) is 0. The summed E-state index contributed by atoms with van der Waals surface area (Å²) in [5.74, 6) is 0.632. The Kier molecular flexibility index (Phi) is 5.70. The Morgan fingerprint density at radius 2 is 1.95 bits per heavy atom. The van der Waals surface area contributed by atoms with Crippen molar-refractivity contribution in [3.05, 3.63) is 29.3 Å². The number of aliphatic hydroxyl groups excluding tert-OH is 1. The molecule has 0 unspecified atom stereocenters. The molecule has 1 aliphatic rings. The van der Waals surface area contributed by atoms with Gasteiger partial charge in [-0.2, -0.15) is 0 Å². The van der Waals surface area contributed by atoms with Crippen molar-refractivity contribution in [2.24, 2.45) is 0 Å². The fraction of sp³-hybridized carbons (Fsp3) is 0.625. The molecule has 0 radical (unpaired) electrons. The second kappa shape index (κ2) is 7.30. The van der Waals surface area contributed by atoms with Crippen LogP contribution in [0.3, 0.4) is 0 Å². The Balaban J connectivity index is 1.83. The van der Waals surface area contributed by atoms with Crippen LogP contribution >= 0.6 is 11.6 Å². The summed E-state index contributed by atoms with van der Waals surface area (Å²) >= 11 is 6.03. The number of hydrogen-bond donors (Lipinski definition) is 1. The van der Waals surface area contributed by atoms with Gasteiger partial charge in [-0.15, -0.1) is 0 Å². The summed E-state index contributed by atoms with van der Waals surface area (Å²) in [6.45, 7) is 5.40. The van der Waals surface area contributed by atoms with Crippen LogP contribution < -0.4 is 4.74 Å². The summed E-state index contributed by atoms with van der Waals surface area (Å²) in [6.07, 6.45) is 3.21. The second-order valence-corrected chi connectivity index (χ2v) is 6.13. The molecule has 0 saturated carbocycles. The number of β-amino-alcohol motifs (C(OH)–C–C–N with tert-alkyl or cyclic N) is 1. The third-order valence-corrected chi connectivity index (χ3v) is 4.38. The minimum absolute atomic E-state index is 0.277. The van der Waals surface area contributed by atoms with Crippen molar-refractivity contribution in [1.29, 1.82) is 0 Å². The monoisotopic (exact) mass is 297 g/mol. The topological polar surface area (TPSA) is 32.7 Å². The lowest BCUT2D eigenvalue weighted by Gasteiger charge is -2.40. The first-order valence-electron chi connectivity index (χ1n) is 7.39. The molecule has 4 heteroatoms. The number of piperidine rings is 1. The SMILES string of the molecule is C[C@@H]1CCC[C@H](C)N1C[C@@H](O)COc1ccccc1Cl. The molecular weight excluding hydrogens is 274 g/mol. The Bertz CT molecular complexity index is 417. The number of nitrogens with zero attached hydrogens (tertiary/aromatic N) is 1. The summed E-state index contributed by atoms with van der Waals surface area (Å²) in [7, 11) is 0. The number of para-hydroxylation sites is 1. The molecule has 0 amide bonds. The van der Waals surface area contributed by atoms with E-state index in [1.54, 1.807) is 6.07 Å². The van der Waals surface area contributed by atoms with E-state index >= 15 is 0 Å². The number of rotatable bonds is 5. The molecule has 0 aliphatic carbocycles. The van der Waals surface area contributed by atoms with Crippen molar-refractivity contribution in [3.8, 4) is 5.75 Å². The van der Waals surface area contributed by atoms with Crippen LogP contribution in [0.4, 0.5) is 0 Å². The third kappa shape index (κ3) is 4.11. The number of likely N-dealkylation sites (tertiary alicyclic amines) is 1. The molecule has 1 aliphatic heterocycles. The van der Waals surface area contributed by atoms with E-state index in [9.17, 15) is 5.11 Å². The molecule has 3 atom stereocenters. The van der Waals surface area contributed by atoms with Crippen LogP contribution in [-0.4, -0.2) is 41.3 Å². The lowest BCUT2D eigenvalue weighted by Crippen LogP contribution is -2.48. The van der Waals surface area contributed by atoms with E-state index in [2.05, 4.69) is 18.7 Å². The molecule has 0 aromatic heterocycles. The average Bonchev–Trinajstić information content (AvgIpc) is 2.42. The molecule has 1 fully saturated rings. The fourth-order valence-electron chi connectivity index (χ4n) is 2.88. The van der Waals surface area contributed by atoms with Gasteiger partial charge in [0.05, 0.1) is 5.02 Å². The molecule has 1 aromatic carbocycles. The normalized spacial score (nSPS) is 25.4. The fourth-order valence-corrected chi connectivity index (χ4v) is 3.07. The predicted molar refractivity (Wildman–Crippen MR) is 82.4 cm³/mol. The molecule has 2 rings (SSSR count). The summed E-state index contributed by atoms with van der Waals surface area (Å²) in [6, 6.07) is 8.42. The van der Waals surface area contributed by atoms with Crippen LogP contribution in [0.25, 0.3) is 0 Å². The molecule has 1 saturated heterocycles.